The highest BCUT2D eigenvalue weighted by Gasteiger charge is 2.36. The normalized spacial score (nSPS) is 25.5. The molecular formula is C22H34O6. The molecule has 1 heterocycles. The summed E-state index contributed by atoms with van der Waals surface area (Å²) in [4.78, 5) is 10.5. The number of carboxylic acids is 1. The molecule has 28 heavy (non-hydrogen) atoms. The van der Waals surface area contributed by atoms with E-state index in [9.17, 15) is 20.1 Å². The number of rotatable bonds is 13. The first-order valence-electron chi connectivity index (χ1n) is 9.98. The van der Waals surface area contributed by atoms with Gasteiger partial charge in [-0.05, 0) is 32.1 Å². The van der Waals surface area contributed by atoms with Crippen LogP contribution >= 0.6 is 0 Å². The molecule has 6 heteroatoms. The van der Waals surface area contributed by atoms with Gasteiger partial charge in [-0.15, -0.1) is 0 Å². The molecule has 0 aliphatic carbocycles. The van der Waals surface area contributed by atoms with E-state index in [1.54, 1.807) is 18.2 Å². The molecule has 0 amide bonds. The summed E-state index contributed by atoms with van der Waals surface area (Å²) in [5.74, 6) is -0.845. The standard InChI is InChI=1S/C22H34O6/c1-2-3-4-5-6-8-11-17(23)14-15-18(24)21-16-19(25)20(28-21)12-9-7-10-13-22(26)27/h3-4,6-9,14-15,17-21,23-25H,2,5,10-13,16H2,1H3,(H,26,27)/b4-3-,8-6-,9-7-,15-14+/t17-,18+,19+,20+,21-/m0/s1. The fourth-order valence-electron chi connectivity index (χ4n) is 2.87. The lowest BCUT2D eigenvalue weighted by Gasteiger charge is -2.16. The molecule has 1 aliphatic rings. The molecule has 6 nitrogen and oxygen atoms in total. The van der Waals surface area contributed by atoms with Crippen molar-refractivity contribution in [2.45, 2.75) is 82.4 Å². The minimum Gasteiger partial charge on any atom is -0.481 e. The molecule has 4 N–H and O–H groups in total. The van der Waals surface area contributed by atoms with Gasteiger partial charge in [0.25, 0.3) is 0 Å². The Labute approximate surface area is 167 Å². The monoisotopic (exact) mass is 394 g/mol. The Morgan fingerprint density at radius 1 is 1.11 bits per heavy atom. The van der Waals surface area contributed by atoms with Crippen LogP contribution in [0.25, 0.3) is 0 Å². The molecule has 0 aromatic carbocycles. The van der Waals surface area contributed by atoms with Crippen molar-refractivity contribution in [3.05, 3.63) is 48.6 Å². The molecule has 0 aromatic rings. The van der Waals surface area contributed by atoms with Gasteiger partial charge in [-0.3, -0.25) is 4.79 Å². The van der Waals surface area contributed by atoms with Gasteiger partial charge in [-0.25, -0.2) is 0 Å². The van der Waals surface area contributed by atoms with E-state index >= 15 is 0 Å². The van der Waals surface area contributed by atoms with Crippen molar-refractivity contribution in [1.82, 2.24) is 0 Å². The Bertz CT molecular complexity index is 551. The van der Waals surface area contributed by atoms with E-state index in [1.807, 2.05) is 12.2 Å². The van der Waals surface area contributed by atoms with Gasteiger partial charge >= 0.3 is 5.97 Å². The second kappa shape index (κ2) is 14.3. The molecule has 1 fully saturated rings. The van der Waals surface area contributed by atoms with Gasteiger partial charge in [-0.2, -0.15) is 0 Å². The third kappa shape index (κ3) is 10.6. The van der Waals surface area contributed by atoms with Crippen LogP contribution in [0.3, 0.4) is 0 Å². The van der Waals surface area contributed by atoms with Crippen molar-refractivity contribution in [3.63, 3.8) is 0 Å². The summed E-state index contributed by atoms with van der Waals surface area (Å²) < 4.78 is 5.71. The molecule has 0 radical (unpaired) electrons. The maximum absolute atomic E-state index is 10.5. The highest BCUT2D eigenvalue weighted by Crippen LogP contribution is 2.26. The summed E-state index contributed by atoms with van der Waals surface area (Å²) in [6.07, 6.45) is 15.1. The van der Waals surface area contributed by atoms with Gasteiger partial charge < -0.3 is 25.2 Å². The molecule has 1 rings (SSSR count). The van der Waals surface area contributed by atoms with Crippen LogP contribution in [-0.4, -0.2) is 56.9 Å². The van der Waals surface area contributed by atoms with Crippen molar-refractivity contribution in [1.29, 1.82) is 0 Å². The van der Waals surface area contributed by atoms with E-state index < -0.39 is 36.5 Å². The largest absolute Gasteiger partial charge is 0.481 e. The Morgan fingerprint density at radius 2 is 1.86 bits per heavy atom. The predicted octanol–water partition coefficient (Wildman–Crippen LogP) is 2.90. The van der Waals surface area contributed by atoms with Gasteiger partial charge in [0.05, 0.1) is 30.5 Å². The first kappa shape index (κ1) is 24.3. The van der Waals surface area contributed by atoms with Crippen LogP contribution in [0.5, 0.6) is 0 Å². The van der Waals surface area contributed by atoms with E-state index in [4.69, 9.17) is 9.84 Å². The van der Waals surface area contributed by atoms with E-state index in [0.29, 0.717) is 25.7 Å². The quantitative estimate of drug-likeness (QED) is 0.358. The molecule has 0 unspecified atom stereocenters. The van der Waals surface area contributed by atoms with Crippen molar-refractivity contribution in [3.8, 4) is 0 Å². The van der Waals surface area contributed by atoms with Crippen molar-refractivity contribution >= 4 is 5.97 Å². The highest BCUT2D eigenvalue weighted by molar-refractivity contribution is 5.66. The lowest BCUT2D eigenvalue weighted by Crippen LogP contribution is -2.24. The van der Waals surface area contributed by atoms with Crippen LogP contribution in [0.1, 0.15) is 51.9 Å². The molecule has 1 aliphatic heterocycles. The zero-order valence-corrected chi connectivity index (χ0v) is 16.6. The first-order valence-corrected chi connectivity index (χ1v) is 9.98. The van der Waals surface area contributed by atoms with E-state index in [2.05, 4.69) is 19.1 Å². The van der Waals surface area contributed by atoms with E-state index in [-0.39, 0.29) is 6.42 Å². The number of hydrogen-bond acceptors (Lipinski definition) is 5. The van der Waals surface area contributed by atoms with Gasteiger partial charge in [-0.1, -0.05) is 55.5 Å². The SMILES string of the molecule is CC/C=C\C/C=C\C[C@H](O)/C=C/[C@@H](O)[C@@H]1C[C@@H](O)[C@@H](C/C=C\CCC(=O)O)O1. The Morgan fingerprint density at radius 3 is 2.57 bits per heavy atom. The fraction of sp³-hybridized carbons (Fsp3) is 0.591. The molecule has 158 valence electrons. The van der Waals surface area contributed by atoms with Crippen LogP contribution < -0.4 is 0 Å². The maximum atomic E-state index is 10.5. The Balaban J connectivity index is 2.33. The van der Waals surface area contributed by atoms with Crippen LogP contribution in [0, 0.1) is 0 Å². The first-order chi connectivity index (χ1) is 13.4. The maximum Gasteiger partial charge on any atom is 0.303 e. The summed E-state index contributed by atoms with van der Waals surface area (Å²) in [5.41, 5.74) is 0. The Kier molecular flexibility index (Phi) is 12.4. The molecule has 0 saturated carbocycles. The van der Waals surface area contributed by atoms with Crippen LogP contribution in [-0.2, 0) is 9.53 Å². The van der Waals surface area contributed by atoms with Crippen LogP contribution in [0.4, 0.5) is 0 Å². The van der Waals surface area contributed by atoms with Gasteiger partial charge in [0.2, 0.25) is 0 Å². The number of carboxylic acid groups (broad SMARTS) is 1. The summed E-state index contributed by atoms with van der Waals surface area (Å²) in [6, 6.07) is 0. The average molecular weight is 395 g/mol. The summed E-state index contributed by atoms with van der Waals surface area (Å²) in [6.45, 7) is 2.08. The zero-order valence-electron chi connectivity index (χ0n) is 16.6. The lowest BCUT2D eigenvalue weighted by molar-refractivity contribution is -0.136. The third-order valence-corrected chi connectivity index (χ3v) is 4.44. The lowest BCUT2D eigenvalue weighted by atomic mass is 10.0. The molecule has 5 atom stereocenters. The van der Waals surface area contributed by atoms with Crippen LogP contribution in [0.2, 0.25) is 0 Å². The smallest absolute Gasteiger partial charge is 0.303 e. The van der Waals surface area contributed by atoms with Crippen molar-refractivity contribution in [2.75, 3.05) is 0 Å². The van der Waals surface area contributed by atoms with Gasteiger partial charge in [0.1, 0.15) is 0 Å². The average Bonchev–Trinajstić information content (AvgIpc) is 3.03. The number of allylic oxidation sites excluding steroid dienone is 4. The predicted molar refractivity (Wildman–Crippen MR) is 109 cm³/mol. The van der Waals surface area contributed by atoms with Gasteiger partial charge in [0.15, 0.2) is 0 Å². The van der Waals surface area contributed by atoms with Gasteiger partial charge in [0, 0.05) is 12.8 Å². The van der Waals surface area contributed by atoms with E-state index in [1.165, 1.54) is 6.08 Å². The number of aliphatic carboxylic acids is 1. The number of hydrogen-bond donors (Lipinski definition) is 4. The fourth-order valence-corrected chi connectivity index (χ4v) is 2.87. The Hall–Kier alpha value is -1.73. The van der Waals surface area contributed by atoms with E-state index in [0.717, 1.165) is 12.8 Å². The molecular weight excluding hydrogens is 360 g/mol. The second-order valence-electron chi connectivity index (χ2n) is 6.92. The summed E-state index contributed by atoms with van der Waals surface area (Å²) in [5, 5.41) is 38.8. The summed E-state index contributed by atoms with van der Waals surface area (Å²) in [7, 11) is 0. The zero-order chi connectivity index (χ0) is 20.8. The number of ether oxygens (including phenoxy) is 1. The van der Waals surface area contributed by atoms with Crippen molar-refractivity contribution < 1.29 is 30.0 Å². The number of aliphatic hydroxyl groups excluding tert-OH is 3. The highest BCUT2D eigenvalue weighted by atomic mass is 16.5. The molecule has 0 bridgehead atoms. The number of aliphatic hydroxyl groups is 3. The second-order valence-corrected chi connectivity index (χ2v) is 6.92. The molecule has 0 aromatic heterocycles. The third-order valence-electron chi connectivity index (χ3n) is 4.44. The summed E-state index contributed by atoms with van der Waals surface area (Å²) >= 11 is 0. The minimum absolute atomic E-state index is 0.0731. The number of carbonyl (C=O) groups is 1. The minimum atomic E-state index is -0.901. The topological polar surface area (TPSA) is 107 Å². The van der Waals surface area contributed by atoms with Crippen LogP contribution in [0.15, 0.2) is 48.6 Å². The molecule has 1 saturated heterocycles. The van der Waals surface area contributed by atoms with Crippen molar-refractivity contribution in [2.24, 2.45) is 0 Å². The molecule has 0 spiro atoms.